The number of ether oxygens (including phenoxy) is 1. The molecule has 7 heteroatoms. The van der Waals surface area contributed by atoms with E-state index in [4.69, 9.17) is 4.74 Å². The summed E-state index contributed by atoms with van der Waals surface area (Å²) in [5.74, 6) is 0. The minimum Gasteiger partial charge on any atom is -0.376 e. The number of aryl methyl sites for hydroxylation is 1. The Balaban J connectivity index is 1.46. The Kier molecular flexibility index (Phi) is 4.78. The second-order valence-corrected chi connectivity index (χ2v) is 5.93. The van der Waals surface area contributed by atoms with Crippen molar-refractivity contribution < 1.29 is 9.53 Å². The van der Waals surface area contributed by atoms with E-state index in [2.05, 4.69) is 27.4 Å². The van der Waals surface area contributed by atoms with E-state index in [0.717, 1.165) is 43.3 Å². The number of urea groups is 1. The van der Waals surface area contributed by atoms with Gasteiger partial charge in [0.05, 0.1) is 18.4 Å². The molecular formula is C16H23N5O2. The Morgan fingerprint density at radius 1 is 1.52 bits per heavy atom. The van der Waals surface area contributed by atoms with Crippen LogP contribution in [0.5, 0.6) is 0 Å². The number of amides is 2. The molecule has 0 radical (unpaired) electrons. The zero-order valence-electron chi connectivity index (χ0n) is 13.6. The summed E-state index contributed by atoms with van der Waals surface area (Å²) < 4.78 is 7.43. The van der Waals surface area contributed by atoms with Crippen molar-refractivity contribution in [3.63, 3.8) is 0 Å². The normalized spacial score (nSPS) is 19.0. The number of carbonyl (C=O) groups excluding carboxylic acids is 1. The average Bonchev–Trinajstić information content (AvgIpc) is 2.86. The van der Waals surface area contributed by atoms with E-state index in [0.29, 0.717) is 6.54 Å². The van der Waals surface area contributed by atoms with Gasteiger partial charge in [0.2, 0.25) is 0 Å². The van der Waals surface area contributed by atoms with E-state index in [9.17, 15) is 4.79 Å². The van der Waals surface area contributed by atoms with Crippen molar-refractivity contribution in [1.82, 2.24) is 19.6 Å². The Hall–Kier alpha value is -2.12. The number of morpholine rings is 1. The van der Waals surface area contributed by atoms with Crippen molar-refractivity contribution >= 4 is 17.4 Å². The van der Waals surface area contributed by atoms with E-state index >= 15 is 0 Å². The summed E-state index contributed by atoms with van der Waals surface area (Å²) in [6.45, 7) is 8.06. The fourth-order valence-electron chi connectivity index (χ4n) is 2.78. The molecule has 1 unspecified atom stereocenters. The van der Waals surface area contributed by atoms with Gasteiger partial charge in [-0.25, -0.2) is 9.78 Å². The van der Waals surface area contributed by atoms with Gasteiger partial charge in [-0.05, 0) is 19.9 Å². The van der Waals surface area contributed by atoms with Crippen molar-refractivity contribution in [2.75, 3.05) is 38.1 Å². The van der Waals surface area contributed by atoms with Crippen LogP contribution in [0.15, 0.2) is 24.5 Å². The Morgan fingerprint density at radius 2 is 2.39 bits per heavy atom. The standard InChI is InChI=1S/C16H23N5O2/c1-12-10-21-5-3-14(9-15(21)18-12)19-16(22)17-4-6-20-7-8-23-13(2)11-20/h3,5,9-10,13H,4,6-8,11H2,1-2H3,(H2,17,19,22). The van der Waals surface area contributed by atoms with Crippen LogP contribution in [-0.2, 0) is 4.74 Å². The molecule has 0 aromatic carbocycles. The number of aromatic nitrogens is 2. The van der Waals surface area contributed by atoms with Crippen LogP contribution in [0.2, 0.25) is 0 Å². The zero-order chi connectivity index (χ0) is 16.2. The molecule has 3 heterocycles. The number of rotatable bonds is 4. The first-order chi connectivity index (χ1) is 11.1. The molecule has 2 aromatic rings. The molecule has 124 valence electrons. The molecular weight excluding hydrogens is 294 g/mol. The quantitative estimate of drug-likeness (QED) is 0.896. The van der Waals surface area contributed by atoms with Crippen molar-refractivity contribution in [2.24, 2.45) is 0 Å². The smallest absolute Gasteiger partial charge is 0.319 e. The fourth-order valence-corrected chi connectivity index (χ4v) is 2.78. The zero-order valence-corrected chi connectivity index (χ0v) is 13.6. The molecule has 0 saturated carbocycles. The first-order valence-electron chi connectivity index (χ1n) is 7.94. The maximum Gasteiger partial charge on any atom is 0.319 e. The Labute approximate surface area is 135 Å². The molecule has 1 aliphatic heterocycles. The minimum atomic E-state index is -0.195. The maximum absolute atomic E-state index is 12.0. The minimum absolute atomic E-state index is 0.195. The van der Waals surface area contributed by atoms with Gasteiger partial charge in [0.1, 0.15) is 5.65 Å². The third-order valence-electron chi connectivity index (χ3n) is 3.88. The number of anilines is 1. The van der Waals surface area contributed by atoms with Gasteiger partial charge < -0.3 is 19.8 Å². The summed E-state index contributed by atoms with van der Waals surface area (Å²) in [7, 11) is 0. The second-order valence-electron chi connectivity index (χ2n) is 5.93. The Bertz CT molecular complexity index is 684. The number of pyridine rings is 1. The highest BCUT2D eigenvalue weighted by atomic mass is 16.5. The molecule has 23 heavy (non-hydrogen) atoms. The number of carbonyl (C=O) groups is 1. The van der Waals surface area contributed by atoms with Crippen molar-refractivity contribution in [1.29, 1.82) is 0 Å². The lowest BCUT2D eigenvalue weighted by Gasteiger charge is -2.30. The van der Waals surface area contributed by atoms with Crippen molar-refractivity contribution in [3.05, 3.63) is 30.2 Å². The molecule has 1 fully saturated rings. The summed E-state index contributed by atoms with van der Waals surface area (Å²) in [6, 6.07) is 3.52. The van der Waals surface area contributed by atoms with E-state index in [-0.39, 0.29) is 12.1 Å². The summed E-state index contributed by atoms with van der Waals surface area (Å²) >= 11 is 0. The summed E-state index contributed by atoms with van der Waals surface area (Å²) in [5, 5.41) is 5.73. The summed E-state index contributed by atoms with van der Waals surface area (Å²) in [5.41, 5.74) is 2.51. The van der Waals surface area contributed by atoms with Crippen LogP contribution in [0.3, 0.4) is 0 Å². The molecule has 0 spiro atoms. The van der Waals surface area contributed by atoms with Gasteiger partial charge in [-0.3, -0.25) is 4.90 Å². The number of hydrogen-bond donors (Lipinski definition) is 2. The number of nitrogens with one attached hydrogen (secondary N) is 2. The summed E-state index contributed by atoms with van der Waals surface area (Å²) in [4.78, 5) is 18.7. The van der Waals surface area contributed by atoms with Crippen LogP contribution in [-0.4, -0.2) is 59.2 Å². The number of imidazole rings is 1. The van der Waals surface area contributed by atoms with E-state index in [1.807, 2.05) is 35.9 Å². The molecule has 7 nitrogen and oxygen atoms in total. The topological polar surface area (TPSA) is 70.9 Å². The third kappa shape index (κ3) is 4.20. The fraction of sp³-hybridized carbons (Fsp3) is 0.500. The molecule has 1 saturated heterocycles. The predicted molar refractivity (Wildman–Crippen MR) is 88.8 cm³/mol. The van der Waals surface area contributed by atoms with Crippen LogP contribution in [0.1, 0.15) is 12.6 Å². The highest BCUT2D eigenvalue weighted by molar-refractivity contribution is 5.89. The summed E-state index contributed by atoms with van der Waals surface area (Å²) in [6.07, 6.45) is 4.10. The molecule has 3 rings (SSSR count). The molecule has 2 amide bonds. The predicted octanol–water partition coefficient (Wildman–Crippen LogP) is 1.48. The maximum atomic E-state index is 12.0. The van der Waals surface area contributed by atoms with E-state index < -0.39 is 0 Å². The number of nitrogens with zero attached hydrogens (tertiary/aromatic N) is 3. The lowest BCUT2D eigenvalue weighted by molar-refractivity contribution is -0.0174. The number of hydrogen-bond acceptors (Lipinski definition) is 4. The lowest BCUT2D eigenvalue weighted by atomic mass is 10.3. The van der Waals surface area contributed by atoms with Gasteiger partial charge in [0, 0.05) is 50.3 Å². The van der Waals surface area contributed by atoms with E-state index in [1.54, 1.807) is 0 Å². The lowest BCUT2D eigenvalue weighted by Crippen LogP contribution is -2.45. The van der Waals surface area contributed by atoms with Gasteiger partial charge in [-0.2, -0.15) is 0 Å². The highest BCUT2D eigenvalue weighted by Crippen LogP contribution is 2.12. The Morgan fingerprint density at radius 3 is 3.22 bits per heavy atom. The monoisotopic (exact) mass is 317 g/mol. The largest absolute Gasteiger partial charge is 0.376 e. The first kappa shape index (κ1) is 15.8. The molecule has 1 aliphatic rings. The van der Waals surface area contributed by atoms with Gasteiger partial charge in [0.25, 0.3) is 0 Å². The average molecular weight is 317 g/mol. The molecule has 0 bridgehead atoms. The van der Waals surface area contributed by atoms with Gasteiger partial charge in [-0.1, -0.05) is 0 Å². The van der Waals surface area contributed by atoms with Crippen molar-refractivity contribution in [2.45, 2.75) is 20.0 Å². The first-order valence-corrected chi connectivity index (χ1v) is 7.94. The third-order valence-corrected chi connectivity index (χ3v) is 3.88. The number of fused-ring (bicyclic) bond motifs is 1. The molecule has 2 N–H and O–H groups in total. The van der Waals surface area contributed by atoms with E-state index in [1.165, 1.54) is 0 Å². The van der Waals surface area contributed by atoms with Gasteiger partial charge in [-0.15, -0.1) is 0 Å². The van der Waals surface area contributed by atoms with Crippen LogP contribution in [0, 0.1) is 6.92 Å². The van der Waals surface area contributed by atoms with Crippen LogP contribution in [0.4, 0.5) is 10.5 Å². The molecule has 1 atom stereocenters. The van der Waals surface area contributed by atoms with Crippen LogP contribution in [0.25, 0.3) is 5.65 Å². The SMILES string of the molecule is Cc1cn2ccc(NC(=O)NCCN3CCOC(C)C3)cc2n1. The van der Waals surface area contributed by atoms with Crippen molar-refractivity contribution in [3.8, 4) is 0 Å². The van der Waals surface area contributed by atoms with Gasteiger partial charge in [0.15, 0.2) is 0 Å². The molecule has 2 aromatic heterocycles. The second kappa shape index (κ2) is 6.97. The van der Waals surface area contributed by atoms with Crippen LogP contribution < -0.4 is 10.6 Å². The highest BCUT2D eigenvalue weighted by Gasteiger charge is 2.16. The van der Waals surface area contributed by atoms with Gasteiger partial charge >= 0.3 is 6.03 Å². The van der Waals surface area contributed by atoms with Crippen LogP contribution >= 0.6 is 0 Å². The molecule has 0 aliphatic carbocycles.